The average Bonchev–Trinajstić information content (AvgIpc) is 3.77. The molecule has 2 heteroatoms. The molecule has 2 nitrogen and oxygen atoms in total. The molecule has 0 bridgehead atoms. The maximum Gasteiger partial charge on any atom is 0.143 e. The Bertz CT molecular complexity index is 3040. The van der Waals surface area contributed by atoms with Gasteiger partial charge in [-0.25, -0.2) is 0 Å². The number of rotatable bonds is 6. The molecule has 0 radical (unpaired) electrons. The molecule has 57 heavy (non-hydrogen) atoms. The summed E-state index contributed by atoms with van der Waals surface area (Å²) in [6.07, 6.45) is 0. The summed E-state index contributed by atoms with van der Waals surface area (Å²) in [7, 11) is 0. The molecule has 1 aliphatic rings. The summed E-state index contributed by atoms with van der Waals surface area (Å²) in [6, 6.07) is 72.5. The Balaban J connectivity index is 1.13. The van der Waals surface area contributed by atoms with Crippen molar-refractivity contribution in [2.75, 3.05) is 4.90 Å². The molecular formula is C55H39NO. The van der Waals surface area contributed by atoms with Gasteiger partial charge in [-0.2, -0.15) is 0 Å². The fraction of sp³-hybridized carbons (Fsp3) is 0.0545. The van der Waals surface area contributed by atoms with Gasteiger partial charge in [0.2, 0.25) is 0 Å². The van der Waals surface area contributed by atoms with Crippen LogP contribution in [0.2, 0.25) is 0 Å². The highest BCUT2D eigenvalue weighted by atomic mass is 16.3. The molecule has 11 rings (SSSR count). The van der Waals surface area contributed by atoms with Crippen molar-refractivity contribution in [2.45, 2.75) is 19.3 Å². The smallest absolute Gasteiger partial charge is 0.143 e. The number of furan rings is 1. The largest absolute Gasteiger partial charge is 0.455 e. The first-order valence-electron chi connectivity index (χ1n) is 19.8. The van der Waals surface area contributed by atoms with Gasteiger partial charge in [0.25, 0.3) is 0 Å². The van der Waals surface area contributed by atoms with Gasteiger partial charge in [0, 0.05) is 38.7 Å². The molecule has 10 aromatic rings. The number of nitrogens with zero attached hydrogens (tertiary/aromatic N) is 1. The normalized spacial score (nSPS) is 12.9. The van der Waals surface area contributed by atoms with Crippen LogP contribution >= 0.6 is 0 Å². The van der Waals surface area contributed by atoms with Gasteiger partial charge in [0.1, 0.15) is 11.2 Å². The van der Waals surface area contributed by atoms with Crippen LogP contribution < -0.4 is 4.90 Å². The van der Waals surface area contributed by atoms with Gasteiger partial charge in [-0.3, -0.25) is 0 Å². The van der Waals surface area contributed by atoms with Crippen LogP contribution in [0.15, 0.2) is 205 Å². The highest BCUT2D eigenvalue weighted by Gasteiger charge is 2.40. The van der Waals surface area contributed by atoms with Gasteiger partial charge in [0.05, 0.1) is 5.69 Å². The molecular weight excluding hydrogens is 691 g/mol. The van der Waals surface area contributed by atoms with Crippen molar-refractivity contribution in [3.05, 3.63) is 211 Å². The van der Waals surface area contributed by atoms with Crippen molar-refractivity contribution in [3.8, 4) is 44.5 Å². The summed E-state index contributed by atoms with van der Waals surface area (Å²) in [6.45, 7) is 4.79. The molecule has 0 saturated carbocycles. The Morgan fingerprint density at radius 3 is 1.63 bits per heavy atom. The van der Waals surface area contributed by atoms with Gasteiger partial charge in [-0.05, 0) is 97.7 Å². The zero-order valence-electron chi connectivity index (χ0n) is 31.9. The van der Waals surface area contributed by atoms with Crippen LogP contribution in [0.4, 0.5) is 17.1 Å². The Kier molecular flexibility index (Phi) is 7.55. The third kappa shape index (κ3) is 5.33. The maximum atomic E-state index is 6.54. The highest BCUT2D eigenvalue weighted by molar-refractivity contribution is 6.10. The number of anilines is 3. The zero-order chi connectivity index (χ0) is 38.1. The van der Waals surface area contributed by atoms with Crippen LogP contribution in [-0.2, 0) is 5.41 Å². The van der Waals surface area contributed by atoms with Crippen molar-refractivity contribution in [1.82, 2.24) is 0 Å². The third-order valence-corrected chi connectivity index (χ3v) is 12.0. The van der Waals surface area contributed by atoms with E-state index in [2.05, 4.69) is 213 Å². The van der Waals surface area contributed by atoms with Crippen LogP contribution in [0.3, 0.4) is 0 Å². The summed E-state index contributed by atoms with van der Waals surface area (Å²) in [5, 5.41) is 4.81. The minimum Gasteiger partial charge on any atom is -0.455 e. The highest BCUT2D eigenvalue weighted by Crippen LogP contribution is 2.57. The molecule has 0 aliphatic heterocycles. The van der Waals surface area contributed by atoms with E-state index in [0.29, 0.717) is 0 Å². The SMILES string of the molecule is CC1(C)c2cc(-c3cccc4c3oc3ccccc34)ccc2-c2c(N(c3ccc(-c4ccccc4)cc3)c3ccc(-c4ccccc4)cc3)cc3ccccc3c21. The van der Waals surface area contributed by atoms with E-state index in [-0.39, 0.29) is 5.41 Å². The Morgan fingerprint density at radius 2 is 0.965 bits per heavy atom. The van der Waals surface area contributed by atoms with Crippen molar-refractivity contribution in [3.63, 3.8) is 0 Å². The zero-order valence-corrected chi connectivity index (χ0v) is 31.9. The molecule has 270 valence electrons. The van der Waals surface area contributed by atoms with Crippen LogP contribution in [0.25, 0.3) is 77.2 Å². The minimum atomic E-state index is -0.280. The van der Waals surface area contributed by atoms with Gasteiger partial charge in [0.15, 0.2) is 0 Å². The van der Waals surface area contributed by atoms with Gasteiger partial charge in [-0.15, -0.1) is 0 Å². The summed E-state index contributed by atoms with van der Waals surface area (Å²) in [5.41, 5.74) is 17.3. The standard InChI is InChI=1S/C55H39NO/c1-55(2)49-34-41(45-21-13-22-47-46-20-11-12-23-51(46)57-54(45)47)28-33-48(49)52-50(35-40-18-9-10-19-44(40)53(52)55)56(42-29-24-38(25-30-42)36-14-5-3-6-15-36)43-31-26-39(27-32-43)37-16-7-4-8-17-37/h3-35H,1-2H3. The number of hydrogen-bond donors (Lipinski definition) is 0. The Morgan fingerprint density at radius 1 is 0.421 bits per heavy atom. The van der Waals surface area contributed by atoms with E-state index < -0.39 is 0 Å². The molecule has 0 spiro atoms. The first-order valence-corrected chi connectivity index (χ1v) is 19.8. The second-order valence-electron chi connectivity index (χ2n) is 15.7. The first kappa shape index (κ1) is 33.2. The predicted octanol–water partition coefficient (Wildman–Crippen LogP) is 15.5. The molecule has 0 atom stereocenters. The van der Waals surface area contributed by atoms with Crippen molar-refractivity contribution < 1.29 is 4.42 Å². The quantitative estimate of drug-likeness (QED) is 0.169. The van der Waals surface area contributed by atoms with E-state index in [1.165, 1.54) is 61.0 Å². The molecule has 1 aromatic heterocycles. The van der Waals surface area contributed by atoms with Gasteiger partial charge >= 0.3 is 0 Å². The van der Waals surface area contributed by atoms with Crippen LogP contribution in [-0.4, -0.2) is 0 Å². The van der Waals surface area contributed by atoms with E-state index in [0.717, 1.165) is 44.4 Å². The summed E-state index contributed by atoms with van der Waals surface area (Å²) < 4.78 is 6.54. The topological polar surface area (TPSA) is 16.4 Å². The monoisotopic (exact) mass is 729 g/mol. The molecule has 1 aliphatic carbocycles. The maximum absolute atomic E-state index is 6.54. The van der Waals surface area contributed by atoms with Crippen molar-refractivity contribution >= 4 is 49.8 Å². The van der Waals surface area contributed by atoms with E-state index >= 15 is 0 Å². The van der Waals surface area contributed by atoms with Gasteiger partial charge < -0.3 is 9.32 Å². The first-order chi connectivity index (χ1) is 28.0. The number of fused-ring (bicyclic) bond motifs is 8. The van der Waals surface area contributed by atoms with Crippen molar-refractivity contribution in [1.29, 1.82) is 0 Å². The van der Waals surface area contributed by atoms with Crippen LogP contribution in [0.5, 0.6) is 0 Å². The van der Waals surface area contributed by atoms with E-state index in [4.69, 9.17) is 4.42 Å². The lowest BCUT2D eigenvalue weighted by atomic mass is 9.79. The second kappa shape index (κ2) is 13.0. The molecule has 0 unspecified atom stereocenters. The lowest BCUT2D eigenvalue weighted by Crippen LogP contribution is -2.17. The lowest BCUT2D eigenvalue weighted by molar-refractivity contribution is 0.665. The number of hydrogen-bond acceptors (Lipinski definition) is 2. The number of benzene rings is 9. The third-order valence-electron chi connectivity index (χ3n) is 12.0. The predicted molar refractivity (Wildman–Crippen MR) is 240 cm³/mol. The van der Waals surface area contributed by atoms with Gasteiger partial charge in [-0.1, -0.05) is 172 Å². The molecule has 0 amide bonds. The molecule has 0 N–H and O–H groups in total. The molecule has 1 heterocycles. The van der Waals surface area contributed by atoms with Crippen molar-refractivity contribution in [2.24, 2.45) is 0 Å². The summed E-state index contributed by atoms with van der Waals surface area (Å²) in [5.74, 6) is 0. The fourth-order valence-corrected chi connectivity index (χ4v) is 9.28. The van der Waals surface area contributed by atoms with Crippen LogP contribution in [0, 0.1) is 0 Å². The number of para-hydroxylation sites is 2. The summed E-state index contributed by atoms with van der Waals surface area (Å²) >= 11 is 0. The minimum absolute atomic E-state index is 0.280. The lowest BCUT2D eigenvalue weighted by Gasteiger charge is -2.30. The fourth-order valence-electron chi connectivity index (χ4n) is 9.28. The molecule has 0 saturated heterocycles. The average molecular weight is 730 g/mol. The second-order valence-corrected chi connectivity index (χ2v) is 15.7. The van der Waals surface area contributed by atoms with E-state index in [1.54, 1.807) is 0 Å². The summed E-state index contributed by atoms with van der Waals surface area (Å²) in [4.78, 5) is 2.46. The Hall–Kier alpha value is -7.16. The molecule has 0 fully saturated rings. The van der Waals surface area contributed by atoms with E-state index in [1.807, 2.05) is 6.07 Å². The molecule has 9 aromatic carbocycles. The Labute approximate surface area is 332 Å². The van der Waals surface area contributed by atoms with E-state index in [9.17, 15) is 0 Å². The van der Waals surface area contributed by atoms with Crippen LogP contribution in [0.1, 0.15) is 25.0 Å².